The normalized spacial score (nSPS) is 16.8. The number of aryl methyl sites for hydroxylation is 2. The maximum Gasteiger partial charge on any atom is 0.329 e. The van der Waals surface area contributed by atoms with Crippen LogP contribution < -0.4 is 4.90 Å². The zero-order valence-electron chi connectivity index (χ0n) is 13.6. The van der Waals surface area contributed by atoms with Gasteiger partial charge in [-0.3, -0.25) is 0 Å². The summed E-state index contributed by atoms with van der Waals surface area (Å²) in [6, 6.07) is 5.62. The van der Waals surface area contributed by atoms with Gasteiger partial charge in [-0.2, -0.15) is 0 Å². The summed E-state index contributed by atoms with van der Waals surface area (Å²) in [6.07, 6.45) is 0.963. The molecule has 23 heavy (non-hydrogen) atoms. The van der Waals surface area contributed by atoms with Gasteiger partial charge in [0.15, 0.2) is 5.05 Å². The second-order valence-electron chi connectivity index (χ2n) is 5.46. The van der Waals surface area contributed by atoms with Crippen LogP contribution in [-0.4, -0.2) is 35.3 Å². The molecule has 0 radical (unpaired) electrons. The molecule has 4 nitrogen and oxygen atoms in total. The molecule has 2 rings (SSSR count). The van der Waals surface area contributed by atoms with Crippen molar-refractivity contribution in [2.24, 2.45) is 0 Å². The second-order valence-corrected chi connectivity index (χ2v) is 6.38. The molecular formula is C17H21NO3S2. The Morgan fingerprint density at radius 3 is 2.52 bits per heavy atom. The summed E-state index contributed by atoms with van der Waals surface area (Å²) < 4.78 is 10.5. The number of thiocarbonyl (C=S) groups is 2. The maximum atomic E-state index is 12.1. The van der Waals surface area contributed by atoms with Crippen LogP contribution in [0.4, 0.5) is 5.69 Å². The highest BCUT2D eigenvalue weighted by molar-refractivity contribution is 7.82. The van der Waals surface area contributed by atoms with Crippen molar-refractivity contribution < 1.29 is 14.3 Å². The van der Waals surface area contributed by atoms with E-state index >= 15 is 0 Å². The predicted molar refractivity (Wildman–Crippen MR) is 99.2 cm³/mol. The molecule has 1 atom stereocenters. The van der Waals surface area contributed by atoms with E-state index in [1.165, 1.54) is 0 Å². The molecule has 0 aromatic heterocycles. The molecule has 1 unspecified atom stereocenters. The molecule has 1 saturated heterocycles. The average Bonchev–Trinajstić information content (AvgIpc) is 2.89. The fraction of sp³-hybridized carbons (Fsp3) is 0.471. The molecule has 1 aromatic rings. The van der Waals surface area contributed by atoms with Gasteiger partial charge in [0.2, 0.25) is 0 Å². The molecule has 0 N–H and O–H groups in total. The Bertz CT molecular complexity index is 610. The topological polar surface area (TPSA) is 38.8 Å². The molecule has 124 valence electrons. The number of nitrogens with zero attached hydrogens (tertiary/aromatic N) is 1. The van der Waals surface area contributed by atoms with Crippen molar-refractivity contribution in [3.63, 3.8) is 0 Å². The molecule has 6 heteroatoms. The third-order valence-electron chi connectivity index (χ3n) is 3.77. The average molecular weight is 351 g/mol. The van der Waals surface area contributed by atoms with Crippen molar-refractivity contribution in [2.75, 3.05) is 18.1 Å². The van der Waals surface area contributed by atoms with Crippen molar-refractivity contribution in [1.29, 1.82) is 0 Å². The van der Waals surface area contributed by atoms with Gasteiger partial charge in [0.25, 0.3) is 0 Å². The van der Waals surface area contributed by atoms with Crippen LogP contribution in [0.5, 0.6) is 0 Å². The van der Waals surface area contributed by atoms with E-state index in [2.05, 4.69) is 0 Å². The highest BCUT2D eigenvalue weighted by atomic mass is 32.1. The minimum Gasteiger partial charge on any atom is -0.487 e. The van der Waals surface area contributed by atoms with Crippen molar-refractivity contribution in [2.45, 2.75) is 39.7 Å². The number of anilines is 1. The van der Waals surface area contributed by atoms with E-state index in [1.54, 1.807) is 0 Å². The number of ether oxygens (including phenoxy) is 2. The van der Waals surface area contributed by atoms with E-state index in [1.807, 2.05) is 43.9 Å². The fourth-order valence-electron chi connectivity index (χ4n) is 2.78. The SMILES string of the molecule is CCOC(=S)CC(=S)N(c1c(C)cccc1C)C1CCOC1=O. The highest BCUT2D eigenvalue weighted by Gasteiger charge is 2.36. The Labute approximate surface area is 147 Å². The minimum atomic E-state index is -0.397. The van der Waals surface area contributed by atoms with Gasteiger partial charge >= 0.3 is 5.97 Å². The molecule has 1 aromatic carbocycles. The van der Waals surface area contributed by atoms with Gasteiger partial charge in [-0.15, -0.1) is 0 Å². The van der Waals surface area contributed by atoms with Gasteiger partial charge in [0.05, 0.1) is 24.6 Å². The van der Waals surface area contributed by atoms with Gasteiger partial charge in [-0.25, -0.2) is 4.79 Å². The Morgan fingerprint density at radius 2 is 2.00 bits per heavy atom. The standard InChI is InChI=1S/C17H21NO3S2/c1-4-20-15(23)10-14(22)18(13-8-9-21-17(13)19)16-11(2)6-5-7-12(16)3/h5-7,13H,4,8-10H2,1-3H3. The molecular weight excluding hydrogens is 330 g/mol. The number of cyclic esters (lactones) is 1. The van der Waals surface area contributed by atoms with Gasteiger partial charge in [0.1, 0.15) is 6.04 Å². The number of carbonyl (C=O) groups is 1. The van der Waals surface area contributed by atoms with E-state index < -0.39 is 6.04 Å². The monoisotopic (exact) mass is 351 g/mol. The van der Waals surface area contributed by atoms with Crippen LogP contribution in [0.25, 0.3) is 0 Å². The second kappa shape index (κ2) is 7.84. The van der Waals surface area contributed by atoms with E-state index in [-0.39, 0.29) is 5.97 Å². The highest BCUT2D eigenvalue weighted by Crippen LogP contribution is 2.30. The largest absolute Gasteiger partial charge is 0.487 e. The van der Waals surface area contributed by atoms with Crippen LogP contribution in [0.1, 0.15) is 30.9 Å². The molecule has 1 fully saturated rings. The first-order valence-electron chi connectivity index (χ1n) is 7.66. The summed E-state index contributed by atoms with van der Waals surface area (Å²) in [5, 5.41) is 0.445. The number of hydrogen-bond donors (Lipinski definition) is 0. The minimum absolute atomic E-state index is 0.239. The molecule has 0 amide bonds. The van der Waals surface area contributed by atoms with Gasteiger partial charge < -0.3 is 14.4 Å². The number of rotatable bonds is 5. The smallest absolute Gasteiger partial charge is 0.329 e. The number of hydrogen-bond acceptors (Lipinski definition) is 5. The first-order valence-corrected chi connectivity index (χ1v) is 8.48. The number of para-hydroxylation sites is 1. The zero-order valence-corrected chi connectivity index (χ0v) is 15.3. The third kappa shape index (κ3) is 4.06. The molecule has 1 aliphatic heterocycles. The van der Waals surface area contributed by atoms with Crippen LogP contribution in [0.15, 0.2) is 18.2 Å². The number of benzene rings is 1. The summed E-state index contributed by atoms with van der Waals surface area (Å²) in [5.74, 6) is -0.239. The Morgan fingerprint density at radius 1 is 1.35 bits per heavy atom. The molecule has 1 aliphatic rings. The van der Waals surface area contributed by atoms with Crippen LogP contribution in [-0.2, 0) is 14.3 Å². The number of carbonyl (C=O) groups excluding carboxylic acids is 1. The summed E-state index contributed by atoms with van der Waals surface area (Å²) >= 11 is 10.8. The Kier molecular flexibility index (Phi) is 6.07. The molecule has 1 heterocycles. The quantitative estimate of drug-likeness (QED) is 0.597. The third-order valence-corrected chi connectivity index (χ3v) is 4.37. The van der Waals surface area contributed by atoms with Gasteiger partial charge in [-0.1, -0.05) is 30.4 Å². The zero-order chi connectivity index (χ0) is 17.0. The van der Waals surface area contributed by atoms with Crippen LogP contribution >= 0.6 is 24.4 Å². The number of esters is 1. The summed E-state index contributed by atoms with van der Waals surface area (Å²) in [6.45, 7) is 6.84. The van der Waals surface area contributed by atoms with Crippen LogP contribution in [0.3, 0.4) is 0 Å². The Hall–Kier alpha value is -1.53. The van der Waals surface area contributed by atoms with E-state index in [0.717, 1.165) is 16.8 Å². The van der Waals surface area contributed by atoms with Crippen LogP contribution in [0, 0.1) is 13.8 Å². The van der Waals surface area contributed by atoms with Crippen LogP contribution in [0.2, 0.25) is 0 Å². The summed E-state index contributed by atoms with van der Waals surface area (Å²) in [7, 11) is 0. The van der Waals surface area contributed by atoms with E-state index in [4.69, 9.17) is 33.9 Å². The lowest BCUT2D eigenvalue weighted by Crippen LogP contribution is -2.44. The molecule has 0 bridgehead atoms. The van der Waals surface area contributed by atoms with E-state index in [9.17, 15) is 4.79 Å². The predicted octanol–water partition coefficient (Wildman–Crippen LogP) is 3.51. The fourth-order valence-corrected chi connectivity index (χ4v) is 3.48. The van der Waals surface area contributed by atoms with Gasteiger partial charge in [-0.05, 0) is 44.1 Å². The Balaban J connectivity index is 2.38. The first-order chi connectivity index (χ1) is 11.0. The molecule has 0 spiro atoms. The molecule has 0 saturated carbocycles. The lowest BCUT2D eigenvalue weighted by molar-refractivity contribution is -0.138. The summed E-state index contributed by atoms with van der Waals surface area (Å²) in [5.41, 5.74) is 3.09. The van der Waals surface area contributed by atoms with Crippen molar-refractivity contribution in [1.82, 2.24) is 0 Å². The summed E-state index contributed by atoms with van der Waals surface area (Å²) in [4.78, 5) is 14.6. The molecule has 0 aliphatic carbocycles. The first kappa shape index (κ1) is 17.8. The van der Waals surface area contributed by atoms with Crippen molar-refractivity contribution in [3.05, 3.63) is 29.3 Å². The lowest BCUT2D eigenvalue weighted by atomic mass is 10.0. The van der Waals surface area contributed by atoms with Crippen molar-refractivity contribution >= 4 is 46.1 Å². The van der Waals surface area contributed by atoms with Gasteiger partial charge in [0, 0.05) is 12.1 Å². The maximum absolute atomic E-state index is 12.1. The lowest BCUT2D eigenvalue weighted by Gasteiger charge is -2.31. The van der Waals surface area contributed by atoms with Crippen molar-refractivity contribution in [3.8, 4) is 0 Å². The van der Waals surface area contributed by atoms with E-state index in [0.29, 0.717) is 36.1 Å².